The average molecular weight is 354 g/mol. The van der Waals surface area contributed by atoms with Crippen LogP contribution in [-0.4, -0.2) is 20.0 Å². The lowest BCUT2D eigenvalue weighted by molar-refractivity contribution is 0.397. The first-order valence-corrected chi connectivity index (χ1v) is 10.2. The standard InChI is InChI=1S/C16H19O5PS/c17-13-7-3-6-12(11-13)5-1-2-8-14-15(18)9-4-10-16(14)23-22(19,20)21/h3-4,6-7,9-11,17-18H,1-2,5,8H2,(H2,19,20,21). The molecule has 0 amide bonds. The molecule has 0 fully saturated rings. The minimum atomic E-state index is -4.25. The second-order valence-electron chi connectivity index (χ2n) is 5.21. The molecule has 0 saturated carbocycles. The summed E-state index contributed by atoms with van der Waals surface area (Å²) in [4.78, 5) is 18.6. The molecule has 0 aliphatic rings. The van der Waals surface area contributed by atoms with Crippen LogP contribution in [0.15, 0.2) is 47.4 Å². The number of hydrogen-bond donors (Lipinski definition) is 4. The third-order valence-electron chi connectivity index (χ3n) is 3.38. The third kappa shape index (κ3) is 5.92. The van der Waals surface area contributed by atoms with Crippen LogP contribution >= 0.6 is 18.2 Å². The maximum absolute atomic E-state index is 11.2. The normalized spacial score (nSPS) is 11.6. The first kappa shape index (κ1) is 17.9. The van der Waals surface area contributed by atoms with E-state index in [0.717, 1.165) is 24.8 Å². The Labute approximate surface area is 138 Å². The molecule has 0 aliphatic heterocycles. The van der Waals surface area contributed by atoms with Crippen molar-refractivity contribution in [3.8, 4) is 11.5 Å². The summed E-state index contributed by atoms with van der Waals surface area (Å²) < 4.78 is 11.2. The molecule has 0 spiro atoms. The summed E-state index contributed by atoms with van der Waals surface area (Å²) in [6.07, 6.45) is 2.94. The van der Waals surface area contributed by atoms with Gasteiger partial charge in [0, 0.05) is 10.5 Å². The number of hydrogen-bond acceptors (Lipinski definition) is 4. The number of aryl methyl sites for hydroxylation is 1. The summed E-state index contributed by atoms with van der Waals surface area (Å²) in [7, 11) is 0. The zero-order valence-corrected chi connectivity index (χ0v) is 14.1. The van der Waals surface area contributed by atoms with Crippen LogP contribution in [0.4, 0.5) is 0 Å². The maximum atomic E-state index is 11.2. The van der Waals surface area contributed by atoms with Crippen molar-refractivity contribution in [2.75, 3.05) is 0 Å². The van der Waals surface area contributed by atoms with Crippen LogP contribution in [0, 0.1) is 0 Å². The van der Waals surface area contributed by atoms with Crippen LogP contribution in [0.1, 0.15) is 24.0 Å². The van der Waals surface area contributed by atoms with Crippen LogP contribution in [-0.2, 0) is 17.4 Å². The molecule has 0 aliphatic carbocycles. The number of aromatic hydroxyl groups is 2. The fourth-order valence-electron chi connectivity index (χ4n) is 2.36. The van der Waals surface area contributed by atoms with Crippen molar-refractivity contribution in [1.29, 1.82) is 0 Å². The molecular weight excluding hydrogens is 335 g/mol. The largest absolute Gasteiger partial charge is 0.508 e. The van der Waals surface area contributed by atoms with E-state index in [2.05, 4.69) is 0 Å². The molecular formula is C16H19O5PS. The summed E-state index contributed by atoms with van der Waals surface area (Å²) in [6, 6.07) is 11.8. The molecule has 2 aromatic carbocycles. The van der Waals surface area contributed by atoms with E-state index in [1.807, 2.05) is 6.07 Å². The van der Waals surface area contributed by atoms with E-state index in [9.17, 15) is 14.8 Å². The van der Waals surface area contributed by atoms with Gasteiger partial charge in [0.15, 0.2) is 0 Å². The average Bonchev–Trinajstić information content (AvgIpc) is 2.44. The van der Waals surface area contributed by atoms with Gasteiger partial charge >= 0.3 is 6.80 Å². The second-order valence-corrected chi connectivity index (χ2v) is 8.79. The van der Waals surface area contributed by atoms with E-state index in [4.69, 9.17) is 9.79 Å². The van der Waals surface area contributed by atoms with E-state index in [1.165, 1.54) is 6.07 Å². The summed E-state index contributed by atoms with van der Waals surface area (Å²) in [6.45, 7) is -4.25. The van der Waals surface area contributed by atoms with E-state index >= 15 is 0 Å². The van der Waals surface area contributed by atoms with Crippen LogP contribution in [0.5, 0.6) is 11.5 Å². The Bertz CT molecular complexity index is 713. The summed E-state index contributed by atoms with van der Waals surface area (Å²) in [5.41, 5.74) is 1.60. The van der Waals surface area contributed by atoms with Crippen LogP contribution in [0.2, 0.25) is 0 Å². The van der Waals surface area contributed by atoms with E-state index in [0.29, 0.717) is 28.3 Å². The minimum Gasteiger partial charge on any atom is -0.508 e. The van der Waals surface area contributed by atoms with Gasteiger partial charge in [-0.05, 0) is 66.9 Å². The Morgan fingerprint density at radius 2 is 1.65 bits per heavy atom. The first-order chi connectivity index (χ1) is 10.8. The molecule has 2 aromatic rings. The van der Waals surface area contributed by atoms with E-state index in [1.54, 1.807) is 30.3 Å². The molecule has 2 rings (SSSR count). The van der Waals surface area contributed by atoms with Gasteiger partial charge in [0.2, 0.25) is 0 Å². The van der Waals surface area contributed by atoms with Gasteiger partial charge in [-0.15, -0.1) is 0 Å². The van der Waals surface area contributed by atoms with E-state index in [-0.39, 0.29) is 11.5 Å². The summed E-state index contributed by atoms with van der Waals surface area (Å²) >= 11 is 0.472. The lowest BCUT2D eigenvalue weighted by atomic mass is 10.0. The van der Waals surface area contributed by atoms with Crippen LogP contribution in [0.3, 0.4) is 0 Å². The Kier molecular flexibility index (Phi) is 6.13. The highest BCUT2D eigenvalue weighted by Crippen LogP contribution is 2.56. The van der Waals surface area contributed by atoms with Gasteiger partial charge in [0.1, 0.15) is 11.5 Å². The van der Waals surface area contributed by atoms with Gasteiger partial charge in [0.25, 0.3) is 0 Å². The lowest BCUT2D eigenvalue weighted by Gasteiger charge is -2.11. The lowest BCUT2D eigenvalue weighted by Crippen LogP contribution is -1.92. The molecule has 4 N–H and O–H groups in total. The van der Waals surface area contributed by atoms with Crippen molar-refractivity contribution in [2.45, 2.75) is 30.6 Å². The van der Waals surface area contributed by atoms with Crippen molar-refractivity contribution in [2.24, 2.45) is 0 Å². The highest BCUT2D eigenvalue weighted by Gasteiger charge is 2.19. The fraction of sp³-hybridized carbons (Fsp3) is 0.250. The molecule has 0 saturated heterocycles. The predicted molar refractivity (Wildman–Crippen MR) is 90.8 cm³/mol. The van der Waals surface area contributed by atoms with Gasteiger partial charge in [0.05, 0.1) is 0 Å². The molecule has 0 radical (unpaired) electrons. The van der Waals surface area contributed by atoms with Crippen molar-refractivity contribution < 1.29 is 24.6 Å². The highest BCUT2D eigenvalue weighted by molar-refractivity contribution is 8.54. The summed E-state index contributed by atoms with van der Waals surface area (Å²) in [5, 5.41) is 19.4. The van der Waals surface area contributed by atoms with Gasteiger partial charge in [-0.25, -0.2) is 4.57 Å². The maximum Gasteiger partial charge on any atom is 0.388 e. The molecule has 0 bridgehead atoms. The minimum absolute atomic E-state index is 0.0563. The van der Waals surface area contributed by atoms with Crippen molar-refractivity contribution in [1.82, 2.24) is 0 Å². The molecule has 0 heterocycles. The number of phenolic OH excluding ortho intramolecular Hbond substituents is 2. The highest BCUT2D eigenvalue weighted by atomic mass is 32.7. The molecule has 0 unspecified atom stereocenters. The number of phenols is 2. The number of rotatable bonds is 7. The van der Waals surface area contributed by atoms with Crippen LogP contribution < -0.4 is 0 Å². The van der Waals surface area contributed by atoms with Crippen molar-refractivity contribution in [3.63, 3.8) is 0 Å². The Balaban J connectivity index is 1.96. The zero-order chi connectivity index (χ0) is 16.9. The molecule has 0 aromatic heterocycles. The van der Waals surface area contributed by atoms with Crippen molar-refractivity contribution >= 4 is 18.2 Å². The molecule has 5 nitrogen and oxygen atoms in total. The van der Waals surface area contributed by atoms with E-state index < -0.39 is 6.80 Å². The second kappa shape index (κ2) is 7.88. The van der Waals surface area contributed by atoms with Gasteiger partial charge in [-0.3, -0.25) is 0 Å². The van der Waals surface area contributed by atoms with Crippen LogP contribution in [0.25, 0.3) is 0 Å². The summed E-state index contributed by atoms with van der Waals surface area (Å²) in [5.74, 6) is 0.296. The zero-order valence-electron chi connectivity index (χ0n) is 12.4. The molecule has 23 heavy (non-hydrogen) atoms. The van der Waals surface area contributed by atoms with Crippen molar-refractivity contribution in [3.05, 3.63) is 53.6 Å². The molecule has 7 heteroatoms. The third-order valence-corrected chi connectivity index (χ3v) is 5.50. The quantitative estimate of drug-likeness (QED) is 0.445. The SMILES string of the molecule is O=P(O)(O)Sc1cccc(O)c1CCCCc1cccc(O)c1. The first-order valence-electron chi connectivity index (χ1n) is 7.19. The van der Waals surface area contributed by atoms with Gasteiger partial charge < -0.3 is 20.0 Å². The monoisotopic (exact) mass is 354 g/mol. The van der Waals surface area contributed by atoms with Gasteiger partial charge in [-0.1, -0.05) is 18.2 Å². The number of benzene rings is 2. The Hall–Kier alpha value is -1.46. The molecule has 124 valence electrons. The fourth-order valence-corrected chi connectivity index (χ4v) is 4.36. The topological polar surface area (TPSA) is 98.0 Å². The predicted octanol–water partition coefficient (Wildman–Crippen LogP) is 3.85. The smallest absolute Gasteiger partial charge is 0.388 e. The van der Waals surface area contributed by atoms with Gasteiger partial charge in [-0.2, -0.15) is 0 Å². The Morgan fingerprint density at radius 1 is 0.957 bits per heavy atom. The molecule has 0 atom stereocenters. The Morgan fingerprint density at radius 3 is 2.35 bits per heavy atom. The number of unbranched alkanes of at least 4 members (excludes halogenated alkanes) is 1.